The normalized spacial score (nSPS) is 12.0. The second-order valence-corrected chi connectivity index (χ2v) is 9.30. The van der Waals surface area contributed by atoms with Gasteiger partial charge in [0.25, 0.3) is 11.8 Å². The number of hydrogen-bond acceptors (Lipinski definition) is 6. The molecule has 0 bridgehead atoms. The summed E-state index contributed by atoms with van der Waals surface area (Å²) in [6.45, 7) is 1.80. The Kier molecular flexibility index (Phi) is 7.39. The fraction of sp³-hybridized carbons (Fsp3) is 0.217. The molecule has 0 saturated carbocycles. The minimum atomic E-state index is -3.38. The molecule has 1 heterocycles. The lowest BCUT2D eigenvalue weighted by molar-refractivity contribution is -0.122. The number of sulfonamides is 1. The van der Waals surface area contributed by atoms with Crippen LogP contribution < -0.4 is 19.7 Å². The molecule has 0 aliphatic carbocycles. The average molecular weight is 472 g/mol. The standard InChI is InChI=1S/C23H25N3O6S/c1-16(32-18-12-10-17(11-13-18)26(2)33(3,29)30)22(27)25-21-9-5-4-8-20(21)23(28)24-15-19-7-6-14-31-19/h4-14,16H,15H2,1-3H3,(H,24,28)(H,25,27). The molecule has 2 aromatic carbocycles. The number of furan rings is 1. The zero-order valence-corrected chi connectivity index (χ0v) is 19.3. The first kappa shape index (κ1) is 23.9. The van der Waals surface area contributed by atoms with Gasteiger partial charge in [-0.05, 0) is 55.5 Å². The van der Waals surface area contributed by atoms with Crippen molar-refractivity contribution in [3.63, 3.8) is 0 Å². The number of amides is 2. The average Bonchev–Trinajstić information content (AvgIpc) is 3.31. The van der Waals surface area contributed by atoms with Gasteiger partial charge in [0.1, 0.15) is 11.5 Å². The van der Waals surface area contributed by atoms with Gasteiger partial charge in [-0.25, -0.2) is 8.42 Å². The van der Waals surface area contributed by atoms with E-state index in [0.29, 0.717) is 28.4 Å². The van der Waals surface area contributed by atoms with Crippen molar-refractivity contribution >= 4 is 33.2 Å². The fourth-order valence-electron chi connectivity index (χ4n) is 2.88. The van der Waals surface area contributed by atoms with Gasteiger partial charge in [-0.2, -0.15) is 0 Å². The lowest BCUT2D eigenvalue weighted by Gasteiger charge is -2.18. The van der Waals surface area contributed by atoms with E-state index in [-0.39, 0.29) is 12.5 Å². The Hall–Kier alpha value is -3.79. The van der Waals surface area contributed by atoms with E-state index in [1.54, 1.807) is 67.6 Å². The minimum Gasteiger partial charge on any atom is -0.481 e. The van der Waals surface area contributed by atoms with E-state index < -0.39 is 22.0 Å². The molecule has 0 aliphatic rings. The molecule has 0 radical (unpaired) electrons. The van der Waals surface area contributed by atoms with Crippen LogP contribution in [0.1, 0.15) is 23.0 Å². The van der Waals surface area contributed by atoms with E-state index >= 15 is 0 Å². The van der Waals surface area contributed by atoms with Crippen LogP contribution in [0.5, 0.6) is 5.75 Å². The molecular weight excluding hydrogens is 446 g/mol. The van der Waals surface area contributed by atoms with E-state index in [1.165, 1.54) is 13.3 Å². The SMILES string of the molecule is CC(Oc1ccc(N(C)S(C)(=O)=O)cc1)C(=O)Nc1ccccc1C(=O)NCc1ccco1. The summed E-state index contributed by atoms with van der Waals surface area (Å²) < 4.78 is 35.3. The molecule has 0 fully saturated rings. The third-order valence-electron chi connectivity index (χ3n) is 4.81. The summed E-state index contributed by atoms with van der Waals surface area (Å²) in [4.78, 5) is 25.3. The van der Waals surface area contributed by atoms with E-state index in [2.05, 4.69) is 10.6 Å². The Morgan fingerprint density at radius 3 is 2.39 bits per heavy atom. The highest BCUT2D eigenvalue weighted by atomic mass is 32.2. The highest BCUT2D eigenvalue weighted by Gasteiger charge is 2.19. The summed E-state index contributed by atoms with van der Waals surface area (Å²) in [6.07, 6.45) is 1.76. The maximum atomic E-state index is 12.7. The lowest BCUT2D eigenvalue weighted by Crippen LogP contribution is -2.31. The van der Waals surface area contributed by atoms with Gasteiger partial charge in [-0.3, -0.25) is 13.9 Å². The number of hydrogen-bond donors (Lipinski definition) is 2. The van der Waals surface area contributed by atoms with E-state index in [0.717, 1.165) is 10.6 Å². The molecule has 1 atom stereocenters. The topological polar surface area (TPSA) is 118 Å². The predicted octanol–water partition coefficient (Wildman–Crippen LogP) is 3.01. The van der Waals surface area contributed by atoms with Gasteiger partial charge >= 0.3 is 0 Å². The molecule has 2 amide bonds. The second-order valence-electron chi connectivity index (χ2n) is 7.28. The van der Waals surface area contributed by atoms with Crippen molar-refractivity contribution in [2.45, 2.75) is 19.6 Å². The highest BCUT2D eigenvalue weighted by molar-refractivity contribution is 7.92. The number of carbonyl (C=O) groups is 2. The molecule has 9 nitrogen and oxygen atoms in total. The van der Waals surface area contributed by atoms with E-state index in [9.17, 15) is 18.0 Å². The zero-order valence-electron chi connectivity index (χ0n) is 18.4. The van der Waals surface area contributed by atoms with Crippen LogP contribution in [0.3, 0.4) is 0 Å². The molecule has 1 aromatic heterocycles. The summed E-state index contributed by atoms with van der Waals surface area (Å²) in [5, 5.41) is 5.47. The zero-order chi connectivity index (χ0) is 24.0. The molecule has 33 heavy (non-hydrogen) atoms. The van der Waals surface area contributed by atoms with Crippen molar-refractivity contribution in [1.82, 2.24) is 5.32 Å². The Labute approximate surface area is 192 Å². The molecule has 0 aliphatic heterocycles. The van der Waals surface area contributed by atoms with Crippen molar-refractivity contribution in [2.24, 2.45) is 0 Å². The summed E-state index contributed by atoms with van der Waals surface area (Å²) in [5.41, 5.74) is 1.12. The number of carbonyl (C=O) groups excluding carboxylic acids is 2. The number of nitrogens with zero attached hydrogens (tertiary/aromatic N) is 1. The van der Waals surface area contributed by atoms with Crippen LogP contribution in [0, 0.1) is 0 Å². The number of nitrogens with one attached hydrogen (secondary N) is 2. The molecule has 174 valence electrons. The molecule has 10 heteroatoms. The van der Waals surface area contributed by atoms with E-state index in [1.807, 2.05) is 0 Å². The Morgan fingerprint density at radius 2 is 1.76 bits per heavy atom. The number of rotatable bonds is 9. The van der Waals surface area contributed by atoms with Gasteiger partial charge in [-0.15, -0.1) is 0 Å². The molecule has 3 aromatic rings. The summed E-state index contributed by atoms with van der Waals surface area (Å²) >= 11 is 0. The summed E-state index contributed by atoms with van der Waals surface area (Å²) in [6, 6.07) is 16.5. The van der Waals surface area contributed by atoms with Crippen LogP contribution in [-0.2, 0) is 21.4 Å². The quantitative estimate of drug-likeness (QED) is 0.495. The first-order valence-electron chi connectivity index (χ1n) is 10.1. The third-order valence-corrected chi connectivity index (χ3v) is 6.02. The Morgan fingerprint density at radius 1 is 1.06 bits per heavy atom. The summed E-state index contributed by atoms with van der Waals surface area (Å²) in [7, 11) is -1.93. The maximum absolute atomic E-state index is 12.7. The molecule has 2 N–H and O–H groups in total. The van der Waals surface area contributed by atoms with E-state index in [4.69, 9.17) is 9.15 Å². The van der Waals surface area contributed by atoms with Crippen molar-refractivity contribution in [3.8, 4) is 5.75 Å². The molecular formula is C23H25N3O6S. The Bertz CT molecular complexity index is 1210. The van der Waals surface area contributed by atoms with Gasteiger partial charge in [-0.1, -0.05) is 12.1 Å². The first-order chi connectivity index (χ1) is 15.6. The Balaban J connectivity index is 1.62. The first-order valence-corrected chi connectivity index (χ1v) is 11.9. The minimum absolute atomic E-state index is 0.220. The molecule has 0 saturated heterocycles. The van der Waals surface area contributed by atoms with Crippen LogP contribution >= 0.6 is 0 Å². The monoisotopic (exact) mass is 471 g/mol. The predicted molar refractivity (Wildman–Crippen MR) is 125 cm³/mol. The number of para-hydroxylation sites is 1. The molecule has 3 rings (SSSR count). The largest absolute Gasteiger partial charge is 0.481 e. The van der Waals surface area contributed by atoms with Crippen LogP contribution in [0.2, 0.25) is 0 Å². The van der Waals surface area contributed by atoms with Crippen LogP contribution in [-0.4, -0.2) is 39.6 Å². The molecule has 1 unspecified atom stereocenters. The smallest absolute Gasteiger partial charge is 0.265 e. The van der Waals surface area contributed by atoms with Crippen molar-refractivity contribution in [2.75, 3.05) is 22.9 Å². The summed E-state index contributed by atoms with van der Waals surface area (Å²) in [5.74, 6) is 0.202. The number of ether oxygens (including phenoxy) is 1. The lowest BCUT2D eigenvalue weighted by atomic mass is 10.1. The highest BCUT2D eigenvalue weighted by Crippen LogP contribution is 2.22. The van der Waals surface area contributed by atoms with Crippen molar-refractivity contribution < 1.29 is 27.2 Å². The van der Waals surface area contributed by atoms with Crippen molar-refractivity contribution in [3.05, 3.63) is 78.3 Å². The third kappa shape index (κ3) is 6.36. The van der Waals surface area contributed by atoms with Crippen molar-refractivity contribution in [1.29, 1.82) is 0 Å². The van der Waals surface area contributed by atoms with Crippen LogP contribution in [0.15, 0.2) is 71.3 Å². The van der Waals surface area contributed by atoms with Gasteiger partial charge in [0.05, 0.1) is 36.0 Å². The van der Waals surface area contributed by atoms with Gasteiger partial charge in [0.15, 0.2) is 6.10 Å². The number of anilines is 2. The van der Waals surface area contributed by atoms with Crippen LogP contribution in [0.4, 0.5) is 11.4 Å². The molecule has 0 spiro atoms. The van der Waals surface area contributed by atoms with Gasteiger partial charge in [0.2, 0.25) is 10.0 Å². The maximum Gasteiger partial charge on any atom is 0.265 e. The fourth-order valence-corrected chi connectivity index (χ4v) is 3.39. The van der Waals surface area contributed by atoms with Gasteiger partial charge in [0, 0.05) is 7.05 Å². The number of benzene rings is 2. The van der Waals surface area contributed by atoms with Gasteiger partial charge < -0.3 is 19.8 Å². The second kappa shape index (κ2) is 10.2. The van der Waals surface area contributed by atoms with Crippen LogP contribution in [0.25, 0.3) is 0 Å².